The average molecular weight is 1000 g/mol. The first-order valence-electron chi connectivity index (χ1n) is 25.7. The third-order valence-corrected chi connectivity index (χ3v) is 14.7. The minimum atomic E-state index is -1.83. The fourth-order valence-corrected chi connectivity index (χ4v) is 10.6. The zero-order valence-electron chi connectivity index (χ0n) is 43.6. The Kier molecular flexibility index (Phi) is 18.6. The zero-order valence-corrected chi connectivity index (χ0v) is 43.6. The lowest BCUT2D eigenvalue weighted by Gasteiger charge is -2.38. The number of amides is 7. The van der Waals surface area contributed by atoms with Crippen LogP contribution in [-0.4, -0.2) is 150 Å². The molecule has 10 N–H and O–H groups in total. The van der Waals surface area contributed by atoms with Crippen LogP contribution in [0.15, 0.2) is 48.5 Å². The van der Waals surface area contributed by atoms with Crippen LogP contribution in [0.25, 0.3) is 0 Å². The summed E-state index contributed by atoms with van der Waals surface area (Å²) in [6.07, 6.45) is 1.49. The zero-order chi connectivity index (χ0) is 52.7. The molecule has 6 rings (SSSR count). The van der Waals surface area contributed by atoms with Gasteiger partial charge in [0.1, 0.15) is 30.5 Å². The number of rotatable bonds is 18. The Morgan fingerprint density at radius 1 is 0.667 bits per heavy atom. The highest BCUT2D eigenvalue weighted by molar-refractivity contribution is 5.94. The molecule has 72 heavy (non-hydrogen) atoms. The Morgan fingerprint density at radius 2 is 1.21 bits per heavy atom. The molecule has 2 fully saturated rings. The van der Waals surface area contributed by atoms with Crippen LogP contribution in [0.5, 0.6) is 0 Å². The minimum Gasteiger partial charge on any atom is -0.383 e. The molecule has 2 heterocycles. The molecule has 7 amide bonds. The Balaban J connectivity index is 1.15. The van der Waals surface area contributed by atoms with E-state index in [4.69, 9.17) is 0 Å². The van der Waals surface area contributed by atoms with Crippen molar-refractivity contribution in [3.05, 3.63) is 70.8 Å². The predicted octanol–water partition coefficient (Wildman–Crippen LogP) is 0.977. The summed E-state index contributed by atoms with van der Waals surface area (Å²) in [7, 11) is 3.26. The van der Waals surface area contributed by atoms with Gasteiger partial charge < -0.3 is 57.2 Å². The van der Waals surface area contributed by atoms with Gasteiger partial charge in [-0.25, -0.2) is 0 Å². The van der Waals surface area contributed by atoms with Gasteiger partial charge in [-0.1, -0.05) is 90.1 Å². The number of likely N-dealkylation sites (tertiary alicyclic amines) is 2. The second-order valence-corrected chi connectivity index (χ2v) is 22.3. The van der Waals surface area contributed by atoms with Gasteiger partial charge in [-0.05, 0) is 105 Å². The molecule has 4 aliphatic rings. The molecule has 396 valence electrons. The molecule has 2 aliphatic heterocycles. The molecular weight excluding hydrogens is 921 g/mol. The van der Waals surface area contributed by atoms with Crippen molar-refractivity contribution in [1.82, 2.24) is 52.3 Å². The molecule has 2 saturated heterocycles. The van der Waals surface area contributed by atoms with Gasteiger partial charge in [-0.2, -0.15) is 0 Å². The number of carbonyl (C=O) groups is 7. The van der Waals surface area contributed by atoms with E-state index in [0.29, 0.717) is 6.42 Å². The Morgan fingerprint density at radius 3 is 1.81 bits per heavy atom. The number of nitrogens with one attached hydrogen (secondary N) is 8. The summed E-state index contributed by atoms with van der Waals surface area (Å²) in [6.45, 7) is 12.5. The summed E-state index contributed by atoms with van der Waals surface area (Å²) in [5.41, 5.74) is 2.90. The van der Waals surface area contributed by atoms with Crippen molar-refractivity contribution < 1.29 is 43.8 Å². The third-order valence-electron chi connectivity index (χ3n) is 14.7. The fraction of sp³-hybridized carbons (Fsp3) is 0.642. The lowest BCUT2D eigenvalue weighted by molar-refractivity contribution is -0.144. The van der Waals surface area contributed by atoms with Crippen LogP contribution in [0.2, 0.25) is 0 Å². The second-order valence-electron chi connectivity index (χ2n) is 22.3. The molecule has 2 aromatic carbocycles. The summed E-state index contributed by atoms with van der Waals surface area (Å²) in [5, 5.41) is 46.8. The average Bonchev–Trinajstić information content (AvgIpc) is 3.96. The standard InChI is InChI=1S/C53H80N10O9/c1-30(55-9)46(67)61-45(53(5,6)7)51(72)62-28-33(24-39(62)47(68)58-37-22-14-18-31-16-10-12-20-35(31)37)56-42(65)26-41(64)49(70)57-34-25-40(48(69)59-38-23-15-19-32-17-11-13-21-36(32)38)63(29-34)50(71)44(52(2,3)4)60-43(66)27-54-8/h10-13,16-17,20-21,30,33-34,37-41,44-45,47,54-55,58,64,68H,14-15,18-19,22-29H2,1-9H3,(H,56,65)(H,57,70)(H,59,69)(H,60,66)(H,61,67)/t30-,33-,34-,37+,38+,39-,40?,41?,44?,45+,47?/m0/s1. The molecule has 2 aliphatic carbocycles. The number of carbonyl (C=O) groups excluding carboxylic acids is 7. The van der Waals surface area contributed by atoms with Crippen molar-refractivity contribution in [3.63, 3.8) is 0 Å². The summed E-state index contributed by atoms with van der Waals surface area (Å²) >= 11 is 0. The lowest BCUT2D eigenvalue weighted by Crippen LogP contribution is -2.60. The van der Waals surface area contributed by atoms with E-state index in [0.717, 1.165) is 48.8 Å². The normalized spacial score (nSPS) is 24.1. The van der Waals surface area contributed by atoms with Gasteiger partial charge in [0.05, 0.1) is 31.1 Å². The Hall–Kier alpha value is -5.47. The molecule has 0 saturated carbocycles. The van der Waals surface area contributed by atoms with E-state index in [1.165, 1.54) is 15.4 Å². The summed E-state index contributed by atoms with van der Waals surface area (Å²) in [6, 6.07) is 9.53. The molecular formula is C53H80N10O9. The predicted molar refractivity (Wildman–Crippen MR) is 271 cm³/mol. The number of fused-ring (bicyclic) bond motifs is 2. The number of likely N-dealkylation sites (N-methyl/N-ethyl adjacent to an activating group) is 2. The molecule has 11 atom stereocenters. The van der Waals surface area contributed by atoms with Crippen molar-refractivity contribution in [1.29, 1.82) is 0 Å². The smallest absolute Gasteiger partial charge is 0.249 e. The van der Waals surface area contributed by atoms with Crippen LogP contribution in [0, 0.1) is 10.8 Å². The number of nitrogens with zero attached hydrogens (tertiary/aromatic N) is 2. The molecule has 0 spiro atoms. The van der Waals surface area contributed by atoms with Crippen LogP contribution >= 0.6 is 0 Å². The molecule has 0 bridgehead atoms. The number of hydrogen-bond acceptors (Lipinski definition) is 12. The van der Waals surface area contributed by atoms with Gasteiger partial charge in [0.15, 0.2) is 0 Å². The van der Waals surface area contributed by atoms with Gasteiger partial charge in [0.25, 0.3) is 0 Å². The molecule has 2 aromatic rings. The second kappa shape index (κ2) is 24.0. The molecule has 4 unspecified atom stereocenters. The van der Waals surface area contributed by atoms with Gasteiger partial charge in [-0.15, -0.1) is 0 Å². The highest BCUT2D eigenvalue weighted by Crippen LogP contribution is 2.34. The van der Waals surface area contributed by atoms with Crippen molar-refractivity contribution in [3.8, 4) is 0 Å². The minimum absolute atomic E-state index is 0.0118. The Bertz CT molecular complexity index is 2280. The highest BCUT2D eigenvalue weighted by Gasteiger charge is 2.48. The first-order valence-corrected chi connectivity index (χ1v) is 25.7. The van der Waals surface area contributed by atoms with Gasteiger partial charge in [-0.3, -0.25) is 38.9 Å². The van der Waals surface area contributed by atoms with Crippen LogP contribution in [0.3, 0.4) is 0 Å². The largest absolute Gasteiger partial charge is 0.383 e. The summed E-state index contributed by atoms with van der Waals surface area (Å²) < 4.78 is 0. The van der Waals surface area contributed by atoms with Gasteiger partial charge >= 0.3 is 0 Å². The number of hydrogen-bond donors (Lipinski definition) is 10. The SMILES string of the molecule is CNCC(=O)NC(C(=O)N1C[C@@H](NC(=O)C(O)CC(=O)N[C@H]2C[C@@H](C(O)N[C@@H]3CCCc4ccccc43)N(C(=O)[C@@H](NC(=O)[C@H](C)NC)C(C)(C)C)C2)CC1C(=O)N[C@@H]1CCCc2ccccc21)C(C)(C)C. The van der Waals surface area contributed by atoms with E-state index < -0.39 is 107 Å². The number of aliphatic hydroxyl groups excluding tert-OH is 2. The summed E-state index contributed by atoms with van der Waals surface area (Å²) in [5.74, 6) is -3.68. The van der Waals surface area contributed by atoms with Crippen molar-refractivity contribution in [2.24, 2.45) is 10.8 Å². The maximum Gasteiger partial charge on any atom is 0.249 e. The van der Waals surface area contributed by atoms with Gasteiger partial charge in [0.2, 0.25) is 41.4 Å². The van der Waals surface area contributed by atoms with Crippen molar-refractivity contribution in [2.45, 2.75) is 173 Å². The maximum absolute atomic E-state index is 14.6. The lowest BCUT2D eigenvalue weighted by atomic mass is 9.85. The first kappa shape index (κ1) is 55.8. The molecule has 0 aromatic heterocycles. The molecule has 19 nitrogen and oxygen atoms in total. The van der Waals surface area contributed by atoms with Crippen LogP contribution in [0.4, 0.5) is 0 Å². The van der Waals surface area contributed by atoms with Crippen LogP contribution < -0.4 is 42.5 Å². The Labute approximate surface area is 424 Å². The van der Waals surface area contributed by atoms with E-state index in [-0.39, 0.29) is 50.5 Å². The highest BCUT2D eigenvalue weighted by atomic mass is 16.3. The first-order chi connectivity index (χ1) is 34.0. The summed E-state index contributed by atoms with van der Waals surface area (Å²) in [4.78, 5) is 99.8. The quantitative estimate of drug-likeness (QED) is 0.0938. The number of aryl methyl sites for hydroxylation is 2. The van der Waals surface area contributed by atoms with Crippen LogP contribution in [-0.2, 0) is 46.4 Å². The van der Waals surface area contributed by atoms with E-state index in [1.54, 1.807) is 21.0 Å². The third kappa shape index (κ3) is 13.8. The van der Waals surface area contributed by atoms with E-state index in [2.05, 4.69) is 48.6 Å². The van der Waals surface area contributed by atoms with Gasteiger partial charge in [0, 0.05) is 31.2 Å². The van der Waals surface area contributed by atoms with Crippen LogP contribution in [0.1, 0.15) is 128 Å². The van der Waals surface area contributed by atoms with E-state index in [1.807, 2.05) is 84.0 Å². The molecule has 19 heteroatoms. The van der Waals surface area contributed by atoms with E-state index >= 15 is 0 Å². The fourth-order valence-electron chi connectivity index (χ4n) is 10.6. The molecule has 0 radical (unpaired) electrons. The van der Waals surface area contributed by atoms with Crippen molar-refractivity contribution >= 4 is 41.4 Å². The maximum atomic E-state index is 14.6. The van der Waals surface area contributed by atoms with Crippen molar-refractivity contribution in [2.75, 3.05) is 33.7 Å². The topological polar surface area (TPSA) is 263 Å². The monoisotopic (exact) mass is 1000 g/mol. The van der Waals surface area contributed by atoms with E-state index in [9.17, 15) is 43.8 Å². The number of benzene rings is 2. The number of aliphatic hydroxyl groups is 2.